The van der Waals surface area contributed by atoms with E-state index in [2.05, 4.69) is 10.3 Å². The average molecular weight is 265 g/mol. The SMILES string of the molecule is Cc1cnc(Cl)c(NCc2ccc(C)c(F)c2)c1. The van der Waals surface area contributed by atoms with Gasteiger partial charge in [-0.15, -0.1) is 0 Å². The van der Waals surface area contributed by atoms with Gasteiger partial charge < -0.3 is 5.32 Å². The van der Waals surface area contributed by atoms with Gasteiger partial charge in [0.05, 0.1) is 5.69 Å². The second-order valence-electron chi connectivity index (χ2n) is 4.29. The van der Waals surface area contributed by atoms with Gasteiger partial charge in [0.25, 0.3) is 0 Å². The van der Waals surface area contributed by atoms with Gasteiger partial charge in [0.1, 0.15) is 5.82 Å². The van der Waals surface area contributed by atoms with Gasteiger partial charge in [-0.2, -0.15) is 0 Å². The molecule has 0 fully saturated rings. The summed E-state index contributed by atoms with van der Waals surface area (Å²) in [5.74, 6) is -0.192. The van der Waals surface area contributed by atoms with Gasteiger partial charge >= 0.3 is 0 Å². The fourth-order valence-corrected chi connectivity index (χ4v) is 1.79. The molecule has 0 saturated carbocycles. The Bertz CT molecular complexity index is 570. The highest BCUT2D eigenvalue weighted by molar-refractivity contribution is 6.31. The zero-order chi connectivity index (χ0) is 13.1. The monoisotopic (exact) mass is 264 g/mol. The molecule has 0 aliphatic rings. The minimum absolute atomic E-state index is 0.192. The molecule has 0 aliphatic carbocycles. The number of halogens is 2. The van der Waals surface area contributed by atoms with Crippen molar-refractivity contribution >= 4 is 17.3 Å². The molecule has 0 aliphatic heterocycles. The first-order chi connectivity index (χ1) is 8.56. The summed E-state index contributed by atoms with van der Waals surface area (Å²) in [4.78, 5) is 4.05. The normalized spacial score (nSPS) is 10.4. The number of pyridine rings is 1. The number of nitrogens with one attached hydrogen (secondary N) is 1. The summed E-state index contributed by atoms with van der Waals surface area (Å²) < 4.78 is 13.4. The van der Waals surface area contributed by atoms with Gasteiger partial charge in [-0.3, -0.25) is 0 Å². The topological polar surface area (TPSA) is 24.9 Å². The Hall–Kier alpha value is -1.61. The van der Waals surface area contributed by atoms with Crippen LogP contribution < -0.4 is 5.32 Å². The molecule has 0 radical (unpaired) electrons. The first-order valence-electron chi connectivity index (χ1n) is 5.67. The van der Waals surface area contributed by atoms with Gasteiger partial charge in [0, 0.05) is 12.7 Å². The van der Waals surface area contributed by atoms with Crippen LogP contribution in [-0.4, -0.2) is 4.98 Å². The van der Waals surface area contributed by atoms with Crippen molar-refractivity contribution < 1.29 is 4.39 Å². The maximum Gasteiger partial charge on any atom is 0.152 e. The molecule has 94 valence electrons. The minimum atomic E-state index is -0.192. The van der Waals surface area contributed by atoms with E-state index in [1.54, 1.807) is 19.2 Å². The van der Waals surface area contributed by atoms with Crippen molar-refractivity contribution in [1.29, 1.82) is 0 Å². The van der Waals surface area contributed by atoms with E-state index in [1.807, 2.05) is 19.1 Å². The molecule has 0 spiro atoms. The van der Waals surface area contributed by atoms with Crippen LogP contribution in [0.3, 0.4) is 0 Å². The van der Waals surface area contributed by atoms with Crippen LogP contribution in [0.25, 0.3) is 0 Å². The van der Waals surface area contributed by atoms with Gasteiger partial charge in [-0.1, -0.05) is 23.7 Å². The highest BCUT2D eigenvalue weighted by Gasteiger charge is 2.03. The lowest BCUT2D eigenvalue weighted by molar-refractivity contribution is 0.616. The van der Waals surface area contributed by atoms with Gasteiger partial charge in [-0.25, -0.2) is 9.37 Å². The Kier molecular flexibility index (Phi) is 3.82. The number of hydrogen-bond donors (Lipinski definition) is 1. The molecule has 0 unspecified atom stereocenters. The molecule has 0 saturated heterocycles. The summed E-state index contributed by atoms with van der Waals surface area (Å²) in [7, 11) is 0. The second-order valence-corrected chi connectivity index (χ2v) is 4.65. The molecule has 1 N–H and O–H groups in total. The number of anilines is 1. The lowest BCUT2D eigenvalue weighted by Crippen LogP contribution is -2.02. The zero-order valence-corrected chi connectivity index (χ0v) is 11.1. The summed E-state index contributed by atoms with van der Waals surface area (Å²) in [5.41, 5.74) is 3.30. The van der Waals surface area contributed by atoms with E-state index in [4.69, 9.17) is 11.6 Å². The third kappa shape index (κ3) is 2.99. The minimum Gasteiger partial charge on any atom is -0.378 e. The predicted octanol–water partition coefficient (Wildman–Crippen LogP) is 4.10. The Balaban J connectivity index is 2.11. The largest absolute Gasteiger partial charge is 0.378 e. The molecular formula is C14H14ClFN2. The second kappa shape index (κ2) is 5.36. The number of benzene rings is 1. The lowest BCUT2D eigenvalue weighted by Gasteiger charge is -2.09. The zero-order valence-electron chi connectivity index (χ0n) is 10.3. The Labute approximate surface area is 111 Å². The molecule has 0 atom stereocenters. The van der Waals surface area contributed by atoms with Gasteiger partial charge in [-0.05, 0) is 42.7 Å². The van der Waals surface area contributed by atoms with Crippen LogP contribution in [0.5, 0.6) is 0 Å². The highest BCUT2D eigenvalue weighted by Crippen LogP contribution is 2.20. The van der Waals surface area contributed by atoms with Gasteiger partial charge in [0.2, 0.25) is 0 Å². The van der Waals surface area contributed by atoms with Crippen LogP contribution in [-0.2, 0) is 6.54 Å². The van der Waals surface area contributed by atoms with Crippen molar-refractivity contribution in [3.8, 4) is 0 Å². The third-order valence-corrected chi connectivity index (χ3v) is 3.00. The number of nitrogens with zero attached hydrogens (tertiary/aromatic N) is 1. The van der Waals surface area contributed by atoms with E-state index >= 15 is 0 Å². The first-order valence-corrected chi connectivity index (χ1v) is 6.05. The van der Waals surface area contributed by atoms with Crippen LogP contribution in [0.15, 0.2) is 30.5 Å². The quantitative estimate of drug-likeness (QED) is 0.844. The fourth-order valence-electron chi connectivity index (χ4n) is 1.62. The van der Waals surface area contributed by atoms with E-state index in [0.717, 1.165) is 16.8 Å². The van der Waals surface area contributed by atoms with Crippen molar-refractivity contribution in [1.82, 2.24) is 4.98 Å². The molecular weight excluding hydrogens is 251 g/mol. The Morgan fingerprint density at radius 3 is 2.78 bits per heavy atom. The molecule has 1 aromatic heterocycles. The van der Waals surface area contributed by atoms with Gasteiger partial charge in [0.15, 0.2) is 5.15 Å². The van der Waals surface area contributed by atoms with Crippen LogP contribution in [0.4, 0.5) is 10.1 Å². The molecule has 2 nitrogen and oxygen atoms in total. The first kappa shape index (κ1) is 12.8. The van der Waals surface area contributed by atoms with Crippen LogP contribution >= 0.6 is 11.6 Å². The number of rotatable bonds is 3. The highest BCUT2D eigenvalue weighted by atomic mass is 35.5. The molecule has 4 heteroatoms. The smallest absolute Gasteiger partial charge is 0.152 e. The predicted molar refractivity (Wildman–Crippen MR) is 72.4 cm³/mol. The number of aryl methyl sites for hydroxylation is 2. The molecule has 2 aromatic rings. The van der Waals surface area contributed by atoms with Crippen molar-refractivity contribution in [2.24, 2.45) is 0 Å². The molecule has 2 rings (SSSR count). The Morgan fingerprint density at radius 1 is 1.28 bits per heavy atom. The average Bonchev–Trinajstić information content (AvgIpc) is 2.34. The number of hydrogen-bond acceptors (Lipinski definition) is 2. The van der Waals surface area contributed by atoms with E-state index in [9.17, 15) is 4.39 Å². The number of aromatic nitrogens is 1. The molecule has 18 heavy (non-hydrogen) atoms. The van der Waals surface area contributed by atoms with Crippen molar-refractivity contribution in [2.75, 3.05) is 5.32 Å². The Morgan fingerprint density at radius 2 is 2.06 bits per heavy atom. The molecule has 0 bridgehead atoms. The van der Waals surface area contributed by atoms with Crippen LogP contribution in [0.2, 0.25) is 5.15 Å². The molecule has 0 amide bonds. The van der Waals surface area contributed by atoms with E-state index in [-0.39, 0.29) is 5.82 Å². The summed E-state index contributed by atoms with van der Waals surface area (Å²) >= 11 is 5.97. The molecule has 1 heterocycles. The van der Waals surface area contributed by atoms with E-state index in [0.29, 0.717) is 17.3 Å². The summed E-state index contributed by atoms with van der Waals surface area (Å²) in [5, 5.41) is 3.58. The van der Waals surface area contributed by atoms with Crippen molar-refractivity contribution in [3.05, 3.63) is 58.1 Å². The van der Waals surface area contributed by atoms with E-state index < -0.39 is 0 Å². The summed E-state index contributed by atoms with van der Waals surface area (Å²) in [6.45, 7) is 4.20. The summed E-state index contributed by atoms with van der Waals surface area (Å²) in [6, 6.07) is 7.10. The third-order valence-electron chi connectivity index (χ3n) is 2.69. The maximum absolute atomic E-state index is 13.4. The standard InChI is InChI=1S/C14H14ClFN2/c1-9-5-13(14(15)18-7-9)17-8-11-4-3-10(2)12(16)6-11/h3-7,17H,8H2,1-2H3. The van der Waals surface area contributed by atoms with E-state index in [1.165, 1.54) is 6.07 Å². The summed E-state index contributed by atoms with van der Waals surface area (Å²) in [6.07, 6.45) is 1.71. The lowest BCUT2D eigenvalue weighted by atomic mass is 10.1. The fraction of sp³-hybridized carbons (Fsp3) is 0.214. The van der Waals surface area contributed by atoms with Crippen LogP contribution in [0, 0.1) is 19.7 Å². The molecule has 1 aromatic carbocycles. The van der Waals surface area contributed by atoms with Crippen LogP contribution in [0.1, 0.15) is 16.7 Å². The van der Waals surface area contributed by atoms with Crippen molar-refractivity contribution in [2.45, 2.75) is 20.4 Å². The maximum atomic E-state index is 13.4. The van der Waals surface area contributed by atoms with Crippen molar-refractivity contribution in [3.63, 3.8) is 0 Å².